The lowest BCUT2D eigenvalue weighted by Gasteiger charge is -2.24. The predicted molar refractivity (Wildman–Crippen MR) is 82.3 cm³/mol. The van der Waals surface area contributed by atoms with E-state index in [2.05, 4.69) is 0 Å². The Balaban J connectivity index is 1.55. The van der Waals surface area contributed by atoms with E-state index < -0.39 is 51.5 Å². The third-order valence-corrected chi connectivity index (χ3v) is 8.43. The summed E-state index contributed by atoms with van der Waals surface area (Å²) in [5.41, 5.74) is -0.654. The minimum absolute atomic E-state index is 0.0704. The Hall–Kier alpha value is -0.800. The van der Waals surface area contributed by atoms with Crippen LogP contribution in [-0.4, -0.2) is 54.9 Å². The summed E-state index contributed by atoms with van der Waals surface area (Å²) in [5, 5.41) is -0.719. The Bertz CT molecular complexity index is 627. The van der Waals surface area contributed by atoms with Crippen LogP contribution >= 0.6 is 11.8 Å². The topological polar surface area (TPSA) is 96.0 Å². The Morgan fingerprint density at radius 2 is 2.04 bits per heavy atom. The van der Waals surface area contributed by atoms with Crippen molar-refractivity contribution in [3.8, 4) is 0 Å². The third-order valence-electron chi connectivity index (χ3n) is 4.82. The lowest BCUT2D eigenvalue weighted by atomic mass is 9.91. The normalized spacial score (nSPS) is 36.9. The second-order valence-electron chi connectivity index (χ2n) is 6.73. The molecule has 130 valence electrons. The molecule has 7 nitrogen and oxygen atoms in total. The highest BCUT2D eigenvalue weighted by Crippen LogP contribution is 2.55. The number of carbonyl (C=O) groups excluding carboxylic acids is 2. The standard InChI is InChI=1S/C14H20O7S2/c1-4-14(2,3)13(16)19-6-9(15)20-10-7-5-8-12(22-7)11(10)21-23(8,17)18/h7-8,10-12H,4-6H2,1-3H3. The third kappa shape index (κ3) is 2.87. The quantitative estimate of drug-likeness (QED) is 0.524. The first kappa shape index (κ1) is 17.0. The van der Waals surface area contributed by atoms with Crippen LogP contribution in [0.25, 0.3) is 0 Å². The molecule has 9 heteroatoms. The van der Waals surface area contributed by atoms with Crippen molar-refractivity contribution in [3.05, 3.63) is 0 Å². The number of hydrogen-bond acceptors (Lipinski definition) is 8. The zero-order valence-corrected chi connectivity index (χ0v) is 14.8. The predicted octanol–water partition coefficient (Wildman–Crippen LogP) is 0.863. The van der Waals surface area contributed by atoms with E-state index in [1.54, 1.807) is 13.8 Å². The van der Waals surface area contributed by atoms with E-state index in [9.17, 15) is 18.0 Å². The average Bonchev–Trinajstić information content (AvgIpc) is 3.08. The Morgan fingerprint density at radius 3 is 2.70 bits per heavy atom. The summed E-state index contributed by atoms with van der Waals surface area (Å²) in [4.78, 5) is 23.8. The van der Waals surface area contributed by atoms with E-state index in [1.807, 2.05) is 6.92 Å². The molecule has 5 atom stereocenters. The van der Waals surface area contributed by atoms with Gasteiger partial charge in [-0.05, 0) is 26.7 Å². The highest BCUT2D eigenvalue weighted by molar-refractivity contribution is 8.03. The zero-order valence-electron chi connectivity index (χ0n) is 13.2. The van der Waals surface area contributed by atoms with Crippen molar-refractivity contribution in [3.63, 3.8) is 0 Å². The van der Waals surface area contributed by atoms with E-state index >= 15 is 0 Å². The van der Waals surface area contributed by atoms with Crippen molar-refractivity contribution in [2.75, 3.05) is 6.61 Å². The molecule has 0 aromatic carbocycles. The molecule has 0 N–H and O–H groups in total. The molecule has 0 aromatic heterocycles. The van der Waals surface area contributed by atoms with Crippen LogP contribution < -0.4 is 0 Å². The molecule has 0 amide bonds. The molecule has 2 bridgehead atoms. The van der Waals surface area contributed by atoms with Crippen molar-refractivity contribution in [1.82, 2.24) is 0 Å². The largest absolute Gasteiger partial charge is 0.456 e. The van der Waals surface area contributed by atoms with E-state index in [0.717, 1.165) is 0 Å². The van der Waals surface area contributed by atoms with Gasteiger partial charge in [-0.15, -0.1) is 11.8 Å². The first-order valence-corrected chi connectivity index (χ1v) is 10.0. The molecule has 5 unspecified atom stereocenters. The summed E-state index contributed by atoms with van der Waals surface area (Å²) in [7, 11) is -3.55. The Morgan fingerprint density at radius 1 is 1.35 bits per heavy atom. The van der Waals surface area contributed by atoms with Gasteiger partial charge in [0.2, 0.25) is 0 Å². The molecule has 3 saturated heterocycles. The number of ether oxygens (including phenoxy) is 2. The lowest BCUT2D eigenvalue weighted by Crippen LogP contribution is -2.42. The number of carbonyl (C=O) groups is 2. The monoisotopic (exact) mass is 364 g/mol. The lowest BCUT2D eigenvalue weighted by molar-refractivity contribution is -0.169. The fourth-order valence-electron chi connectivity index (χ4n) is 3.02. The van der Waals surface area contributed by atoms with Gasteiger partial charge in [-0.3, -0.25) is 8.98 Å². The first-order valence-electron chi connectivity index (χ1n) is 7.60. The SMILES string of the molecule is CCC(C)(C)C(=O)OCC(=O)OC1C2CC3C(S2)C1OS3(=O)=O. The number of thioether (sulfide) groups is 1. The molecule has 0 radical (unpaired) electrons. The number of rotatable bonds is 5. The maximum atomic E-state index is 11.9. The number of hydrogen-bond donors (Lipinski definition) is 0. The molecule has 3 fully saturated rings. The van der Waals surface area contributed by atoms with Crippen molar-refractivity contribution < 1.29 is 31.7 Å². The minimum atomic E-state index is -3.55. The Labute approximate surface area is 139 Å². The summed E-state index contributed by atoms with van der Waals surface area (Å²) >= 11 is 1.51. The summed E-state index contributed by atoms with van der Waals surface area (Å²) < 4.78 is 39.1. The first-order chi connectivity index (χ1) is 10.7. The fraction of sp³-hybridized carbons (Fsp3) is 0.857. The van der Waals surface area contributed by atoms with Crippen molar-refractivity contribution in [1.29, 1.82) is 0 Å². The van der Waals surface area contributed by atoms with Crippen LogP contribution in [0.15, 0.2) is 0 Å². The molecule has 3 aliphatic rings. The van der Waals surface area contributed by atoms with E-state index in [4.69, 9.17) is 13.7 Å². The summed E-state index contributed by atoms with van der Waals surface area (Å²) in [5.74, 6) is -1.13. The second-order valence-corrected chi connectivity index (χ2v) is 9.94. The van der Waals surface area contributed by atoms with Crippen molar-refractivity contribution in [2.45, 2.75) is 61.6 Å². The van der Waals surface area contributed by atoms with E-state index in [0.29, 0.717) is 12.8 Å². The average molecular weight is 364 g/mol. The highest BCUT2D eigenvalue weighted by Gasteiger charge is 2.66. The molecule has 3 heterocycles. The number of esters is 2. The van der Waals surface area contributed by atoms with Crippen LogP contribution in [0.5, 0.6) is 0 Å². The maximum absolute atomic E-state index is 11.9. The molecule has 0 aliphatic carbocycles. The van der Waals surface area contributed by atoms with Gasteiger partial charge in [0.25, 0.3) is 10.1 Å². The second kappa shape index (κ2) is 5.63. The van der Waals surface area contributed by atoms with Gasteiger partial charge in [0.15, 0.2) is 6.61 Å². The van der Waals surface area contributed by atoms with Crippen molar-refractivity contribution >= 4 is 33.8 Å². The molecule has 0 aromatic rings. The minimum Gasteiger partial charge on any atom is -0.456 e. The maximum Gasteiger partial charge on any atom is 0.344 e. The molecular weight excluding hydrogens is 344 g/mol. The summed E-state index contributed by atoms with van der Waals surface area (Å²) in [6.07, 6.45) is -0.169. The van der Waals surface area contributed by atoms with Crippen LogP contribution in [-0.2, 0) is 33.4 Å². The van der Waals surface area contributed by atoms with Crippen LogP contribution in [0.3, 0.4) is 0 Å². The van der Waals surface area contributed by atoms with E-state index in [1.165, 1.54) is 11.8 Å². The van der Waals surface area contributed by atoms with Crippen LogP contribution in [0, 0.1) is 5.41 Å². The number of fused-ring (bicyclic) bond motifs is 1. The molecule has 23 heavy (non-hydrogen) atoms. The summed E-state index contributed by atoms with van der Waals surface area (Å²) in [6, 6.07) is 0. The molecule has 0 saturated carbocycles. The molecule has 3 rings (SSSR count). The Kier molecular flexibility index (Phi) is 4.17. The van der Waals surface area contributed by atoms with Gasteiger partial charge >= 0.3 is 11.9 Å². The van der Waals surface area contributed by atoms with Crippen molar-refractivity contribution in [2.24, 2.45) is 5.41 Å². The van der Waals surface area contributed by atoms with Gasteiger partial charge < -0.3 is 9.47 Å². The van der Waals surface area contributed by atoms with Gasteiger partial charge in [-0.25, -0.2) is 4.79 Å². The smallest absolute Gasteiger partial charge is 0.344 e. The van der Waals surface area contributed by atoms with Gasteiger partial charge in [0, 0.05) is 5.25 Å². The van der Waals surface area contributed by atoms with Gasteiger partial charge in [0.05, 0.1) is 10.7 Å². The van der Waals surface area contributed by atoms with Gasteiger partial charge in [-0.1, -0.05) is 6.92 Å². The fourth-order valence-corrected chi connectivity index (χ4v) is 7.16. The van der Waals surface area contributed by atoms with E-state index in [-0.39, 0.29) is 10.5 Å². The van der Waals surface area contributed by atoms with Crippen LogP contribution in [0.4, 0.5) is 0 Å². The van der Waals surface area contributed by atoms with Gasteiger partial charge in [-0.2, -0.15) is 8.42 Å². The van der Waals surface area contributed by atoms with Crippen LogP contribution in [0.2, 0.25) is 0 Å². The highest BCUT2D eigenvalue weighted by atomic mass is 32.2. The zero-order chi connectivity index (χ0) is 17.0. The molecular formula is C14H20O7S2. The van der Waals surface area contributed by atoms with Crippen LogP contribution in [0.1, 0.15) is 33.6 Å². The summed E-state index contributed by atoms with van der Waals surface area (Å²) in [6.45, 7) is 4.87. The van der Waals surface area contributed by atoms with Gasteiger partial charge in [0.1, 0.15) is 17.5 Å². The molecule has 0 spiro atoms. The molecule has 3 aliphatic heterocycles.